The van der Waals surface area contributed by atoms with Crippen LogP contribution in [0.1, 0.15) is 12.8 Å². The molecule has 120 valence electrons. The molecule has 1 N–H and O–H groups in total. The summed E-state index contributed by atoms with van der Waals surface area (Å²) in [6, 6.07) is 1.79. The Labute approximate surface area is 140 Å². The van der Waals surface area contributed by atoms with E-state index >= 15 is 0 Å². The van der Waals surface area contributed by atoms with Crippen molar-refractivity contribution in [3.05, 3.63) is 28.0 Å². The van der Waals surface area contributed by atoms with Crippen molar-refractivity contribution in [2.75, 3.05) is 20.1 Å². The van der Waals surface area contributed by atoms with Crippen LogP contribution >= 0.6 is 35.6 Å². The molecule has 1 heterocycles. The Morgan fingerprint density at radius 3 is 2.48 bits per heavy atom. The zero-order valence-corrected chi connectivity index (χ0v) is 14.4. The Balaban J connectivity index is 0.00000220. The van der Waals surface area contributed by atoms with E-state index in [0.717, 1.165) is 25.0 Å². The van der Waals surface area contributed by atoms with E-state index in [-0.39, 0.29) is 33.4 Å². The first kappa shape index (κ1) is 18.9. The molecule has 1 aliphatic heterocycles. The highest BCUT2D eigenvalue weighted by Crippen LogP contribution is 2.35. The van der Waals surface area contributed by atoms with Gasteiger partial charge >= 0.3 is 0 Å². The zero-order chi connectivity index (χ0) is 14.9. The smallest absolute Gasteiger partial charge is 0.246 e. The summed E-state index contributed by atoms with van der Waals surface area (Å²) in [5.74, 6) is -0.660. The molecule has 0 bridgehead atoms. The highest BCUT2D eigenvalue weighted by atomic mass is 35.5. The molecule has 0 aliphatic carbocycles. The highest BCUT2D eigenvalue weighted by molar-refractivity contribution is 7.89. The molecular weight excluding hydrogens is 362 g/mol. The van der Waals surface area contributed by atoms with E-state index in [2.05, 4.69) is 5.32 Å². The maximum absolute atomic E-state index is 13.2. The van der Waals surface area contributed by atoms with Gasteiger partial charge in [0.15, 0.2) is 0 Å². The Hall–Kier alpha value is -0.110. The van der Waals surface area contributed by atoms with E-state index in [1.54, 1.807) is 7.05 Å². The predicted molar refractivity (Wildman–Crippen MR) is 84.5 cm³/mol. The lowest BCUT2D eigenvalue weighted by Gasteiger charge is -2.24. The summed E-state index contributed by atoms with van der Waals surface area (Å²) in [4.78, 5) is -0.217. The Morgan fingerprint density at radius 1 is 1.38 bits per heavy atom. The fourth-order valence-corrected chi connectivity index (χ4v) is 5.29. The quantitative estimate of drug-likeness (QED) is 0.877. The van der Waals surface area contributed by atoms with Gasteiger partial charge < -0.3 is 5.32 Å². The van der Waals surface area contributed by atoms with Crippen LogP contribution in [0.2, 0.25) is 10.0 Å². The molecule has 1 fully saturated rings. The molecule has 1 aromatic carbocycles. The van der Waals surface area contributed by atoms with Crippen molar-refractivity contribution >= 4 is 45.6 Å². The normalized spacial score (nSPS) is 19.5. The first-order valence-electron chi connectivity index (χ1n) is 6.19. The summed E-state index contributed by atoms with van der Waals surface area (Å²) < 4.78 is 39.9. The molecular formula is C12H16Cl3FN2O2S. The van der Waals surface area contributed by atoms with Gasteiger partial charge in [-0.15, -0.1) is 12.4 Å². The number of sulfonamides is 1. The number of hydrogen-bond donors (Lipinski definition) is 1. The second-order valence-electron chi connectivity index (χ2n) is 4.67. The monoisotopic (exact) mass is 376 g/mol. The average molecular weight is 378 g/mol. The van der Waals surface area contributed by atoms with Crippen molar-refractivity contribution in [2.24, 2.45) is 0 Å². The summed E-state index contributed by atoms with van der Waals surface area (Å²) in [7, 11) is -2.06. The molecule has 0 radical (unpaired) electrons. The lowest BCUT2D eigenvalue weighted by Crippen LogP contribution is -2.41. The molecule has 0 spiro atoms. The van der Waals surface area contributed by atoms with Crippen LogP contribution in [0.4, 0.5) is 4.39 Å². The summed E-state index contributed by atoms with van der Waals surface area (Å²) >= 11 is 11.8. The van der Waals surface area contributed by atoms with E-state index in [4.69, 9.17) is 23.2 Å². The Bertz CT molecular complexity index is 590. The van der Waals surface area contributed by atoms with Crippen LogP contribution in [-0.2, 0) is 10.0 Å². The maximum Gasteiger partial charge on any atom is 0.246 e. The van der Waals surface area contributed by atoms with Crippen molar-refractivity contribution in [3.63, 3.8) is 0 Å². The number of hydrogen-bond acceptors (Lipinski definition) is 3. The van der Waals surface area contributed by atoms with Crippen molar-refractivity contribution in [1.82, 2.24) is 9.62 Å². The average Bonchev–Trinajstić information content (AvgIpc) is 2.76. The molecule has 0 amide bonds. The Morgan fingerprint density at radius 2 is 1.95 bits per heavy atom. The minimum absolute atomic E-state index is 0. The van der Waals surface area contributed by atoms with Gasteiger partial charge in [-0.2, -0.15) is 4.31 Å². The number of likely N-dealkylation sites (N-methyl/N-ethyl adjacent to an activating group) is 1. The number of rotatable bonds is 4. The van der Waals surface area contributed by atoms with Gasteiger partial charge in [0, 0.05) is 19.1 Å². The van der Waals surface area contributed by atoms with Crippen molar-refractivity contribution in [1.29, 1.82) is 0 Å². The van der Waals surface area contributed by atoms with Gasteiger partial charge in [-0.25, -0.2) is 12.8 Å². The lowest BCUT2D eigenvalue weighted by atomic mass is 10.2. The van der Waals surface area contributed by atoms with Crippen LogP contribution < -0.4 is 5.32 Å². The number of benzene rings is 1. The van der Waals surface area contributed by atoms with Gasteiger partial charge in [0.05, 0.1) is 10.0 Å². The van der Waals surface area contributed by atoms with Gasteiger partial charge in [0.1, 0.15) is 10.7 Å². The van der Waals surface area contributed by atoms with E-state index < -0.39 is 15.8 Å². The van der Waals surface area contributed by atoms with Crippen molar-refractivity contribution in [3.8, 4) is 0 Å². The van der Waals surface area contributed by atoms with Crippen LogP contribution in [0.3, 0.4) is 0 Å². The molecule has 4 nitrogen and oxygen atoms in total. The fourth-order valence-electron chi connectivity index (χ4n) is 2.46. The Kier molecular flexibility index (Phi) is 6.71. The van der Waals surface area contributed by atoms with E-state index in [0.29, 0.717) is 13.1 Å². The number of nitrogens with zero attached hydrogens (tertiary/aromatic N) is 1. The van der Waals surface area contributed by atoms with Gasteiger partial charge in [0.2, 0.25) is 10.0 Å². The van der Waals surface area contributed by atoms with E-state index in [9.17, 15) is 12.8 Å². The van der Waals surface area contributed by atoms with Gasteiger partial charge in [-0.05, 0) is 32.0 Å². The zero-order valence-electron chi connectivity index (χ0n) is 11.3. The number of nitrogens with one attached hydrogen (secondary N) is 1. The lowest BCUT2D eigenvalue weighted by molar-refractivity contribution is 0.379. The second-order valence-corrected chi connectivity index (χ2v) is 7.31. The standard InChI is InChI=1S/C12H15Cl2FN2O2S.ClH/c1-16-7-9-3-2-4-17(9)20(18,19)12-10(13)5-8(15)6-11(12)14;/h5-6,9,16H,2-4,7H2,1H3;1H. The van der Waals surface area contributed by atoms with Crippen molar-refractivity contribution < 1.29 is 12.8 Å². The van der Waals surface area contributed by atoms with Crippen LogP contribution in [0, 0.1) is 5.82 Å². The molecule has 21 heavy (non-hydrogen) atoms. The third-order valence-electron chi connectivity index (χ3n) is 3.29. The van der Waals surface area contributed by atoms with Crippen LogP contribution in [0.5, 0.6) is 0 Å². The van der Waals surface area contributed by atoms with Gasteiger partial charge in [-0.1, -0.05) is 23.2 Å². The topological polar surface area (TPSA) is 49.4 Å². The second kappa shape index (κ2) is 7.44. The highest BCUT2D eigenvalue weighted by Gasteiger charge is 2.37. The molecule has 0 saturated carbocycles. The summed E-state index contributed by atoms with van der Waals surface area (Å²) in [6.07, 6.45) is 1.55. The molecule has 1 unspecified atom stereocenters. The molecule has 1 atom stereocenters. The van der Waals surface area contributed by atoms with Gasteiger partial charge in [-0.3, -0.25) is 0 Å². The third kappa shape index (κ3) is 3.81. The van der Waals surface area contributed by atoms with E-state index in [1.165, 1.54) is 4.31 Å². The number of halogens is 4. The van der Waals surface area contributed by atoms with Crippen LogP contribution in [0.25, 0.3) is 0 Å². The summed E-state index contributed by atoms with van der Waals surface area (Å²) in [5.41, 5.74) is 0. The summed E-state index contributed by atoms with van der Waals surface area (Å²) in [6.45, 7) is 0.967. The maximum atomic E-state index is 13.2. The molecule has 1 aliphatic rings. The van der Waals surface area contributed by atoms with Crippen molar-refractivity contribution in [2.45, 2.75) is 23.8 Å². The SMILES string of the molecule is CNCC1CCCN1S(=O)(=O)c1c(Cl)cc(F)cc1Cl.Cl. The van der Waals surface area contributed by atoms with Crippen LogP contribution in [0.15, 0.2) is 17.0 Å². The molecule has 1 saturated heterocycles. The minimum atomic E-state index is -3.83. The largest absolute Gasteiger partial charge is 0.318 e. The molecule has 2 rings (SSSR count). The predicted octanol–water partition coefficient (Wildman–Crippen LogP) is 2.93. The first-order chi connectivity index (χ1) is 9.37. The molecule has 1 aromatic rings. The molecule has 9 heteroatoms. The van der Waals surface area contributed by atoms with E-state index in [1.807, 2.05) is 0 Å². The third-order valence-corrected chi connectivity index (χ3v) is 6.17. The van der Waals surface area contributed by atoms with Gasteiger partial charge in [0.25, 0.3) is 0 Å². The molecule has 0 aromatic heterocycles. The fraction of sp³-hybridized carbons (Fsp3) is 0.500. The first-order valence-corrected chi connectivity index (χ1v) is 8.38. The minimum Gasteiger partial charge on any atom is -0.318 e. The van der Waals surface area contributed by atoms with Crippen LogP contribution in [-0.4, -0.2) is 38.9 Å². The summed E-state index contributed by atoms with van der Waals surface area (Å²) in [5, 5.41) is 2.59.